The van der Waals surface area contributed by atoms with Crippen LogP contribution in [0, 0.1) is 6.92 Å². The SMILES string of the molecule is Cc1ccc2nc(C3Cc4ccccc4N3C)[nH]c2c1. The molecule has 3 heteroatoms. The molecule has 0 bridgehead atoms. The maximum absolute atomic E-state index is 4.77. The van der Waals surface area contributed by atoms with Gasteiger partial charge in [0.2, 0.25) is 0 Å². The van der Waals surface area contributed by atoms with E-state index < -0.39 is 0 Å². The van der Waals surface area contributed by atoms with Gasteiger partial charge in [-0.15, -0.1) is 0 Å². The number of benzene rings is 2. The Balaban J connectivity index is 1.77. The lowest BCUT2D eigenvalue weighted by Crippen LogP contribution is -2.20. The molecule has 3 aromatic rings. The molecule has 100 valence electrons. The van der Waals surface area contributed by atoms with Gasteiger partial charge in [0.1, 0.15) is 5.82 Å². The minimum absolute atomic E-state index is 0.306. The van der Waals surface area contributed by atoms with Crippen molar-refractivity contribution in [3.8, 4) is 0 Å². The molecule has 1 aliphatic rings. The maximum atomic E-state index is 4.77. The van der Waals surface area contributed by atoms with E-state index in [2.05, 4.69) is 66.3 Å². The molecular weight excluding hydrogens is 246 g/mol. The summed E-state index contributed by atoms with van der Waals surface area (Å²) in [6.07, 6.45) is 1.02. The van der Waals surface area contributed by atoms with E-state index in [-0.39, 0.29) is 0 Å². The maximum Gasteiger partial charge on any atom is 0.130 e. The summed E-state index contributed by atoms with van der Waals surface area (Å²) in [5.41, 5.74) is 6.15. The first-order chi connectivity index (χ1) is 9.72. The number of aromatic nitrogens is 2. The van der Waals surface area contributed by atoms with Crippen LogP contribution >= 0.6 is 0 Å². The van der Waals surface area contributed by atoms with Gasteiger partial charge < -0.3 is 9.88 Å². The first-order valence-corrected chi connectivity index (χ1v) is 6.99. The number of fused-ring (bicyclic) bond motifs is 2. The van der Waals surface area contributed by atoms with Crippen molar-refractivity contribution in [3.05, 3.63) is 59.4 Å². The lowest BCUT2D eigenvalue weighted by Gasteiger charge is -2.20. The van der Waals surface area contributed by atoms with Gasteiger partial charge in [-0.2, -0.15) is 0 Å². The summed E-state index contributed by atoms with van der Waals surface area (Å²) in [4.78, 5) is 10.6. The Kier molecular flexibility index (Phi) is 2.36. The zero-order chi connectivity index (χ0) is 13.7. The standard InChI is InChI=1S/C17H17N3/c1-11-7-8-13-14(9-11)19-17(18-13)16-10-12-5-3-4-6-15(12)20(16)2/h3-9,16H,10H2,1-2H3,(H,18,19). The normalized spacial score (nSPS) is 17.7. The number of hydrogen-bond acceptors (Lipinski definition) is 2. The van der Waals surface area contributed by atoms with E-state index >= 15 is 0 Å². The van der Waals surface area contributed by atoms with Crippen LogP contribution in [0.1, 0.15) is 23.0 Å². The summed E-state index contributed by atoms with van der Waals surface area (Å²) in [6.45, 7) is 2.11. The fourth-order valence-electron chi connectivity index (χ4n) is 3.12. The predicted octanol–water partition coefficient (Wildman–Crippen LogP) is 3.60. The highest BCUT2D eigenvalue weighted by molar-refractivity contribution is 5.76. The number of aromatic amines is 1. The van der Waals surface area contributed by atoms with E-state index in [9.17, 15) is 0 Å². The Morgan fingerprint density at radius 2 is 2.05 bits per heavy atom. The Hall–Kier alpha value is -2.29. The number of likely N-dealkylation sites (N-methyl/N-ethyl adjacent to an activating group) is 1. The van der Waals surface area contributed by atoms with Crippen LogP contribution in [-0.4, -0.2) is 17.0 Å². The number of H-pyrrole nitrogens is 1. The lowest BCUT2D eigenvalue weighted by molar-refractivity contribution is 0.676. The third kappa shape index (κ3) is 1.63. The first kappa shape index (κ1) is 11.5. The number of rotatable bonds is 1. The van der Waals surface area contributed by atoms with Crippen molar-refractivity contribution in [1.29, 1.82) is 0 Å². The van der Waals surface area contributed by atoms with Gasteiger partial charge >= 0.3 is 0 Å². The molecule has 2 heterocycles. The van der Waals surface area contributed by atoms with Gasteiger partial charge in [0.05, 0.1) is 17.1 Å². The van der Waals surface area contributed by atoms with Crippen LogP contribution in [-0.2, 0) is 6.42 Å². The number of hydrogen-bond donors (Lipinski definition) is 1. The molecule has 0 amide bonds. The molecule has 3 nitrogen and oxygen atoms in total. The molecule has 1 atom stereocenters. The van der Waals surface area contributed by atoms with E-state index in [0.717, 1.165) is 23.3 Å². The molecule has 4 rings (SSSR count). The van der Waals surface area contributed by atoms with Gasteiger partial charge in [0.15, 0.2) is 0 Å². The van der Waals surface area contributed by atoms with Crippen molar-refractivity contribution in [2.24, 2.45) is 0 Å². The van der Waals surface area contributed by atoms with E-state index in [4.69, 9.17) is 4.98 Å². The van der Waals surface area contributed by atoms with Gasteiger partial charge in [0, 0.05) is 19.2 Å². The average molecular weight is 263 g/mol. The molecule has 0 saturated carbocycles. The van der Waals surface area contributed by atoms with Crippen LogP contribution in [0.25, 0.3) is 11.0 Å². The first-order valence-electron chi connectivity index (χ1n) is 6.99. The fraction of sp³-hybridized carbons (Fsp3) is 0.235. The summed E-state index contributed by atoms with van der Waals surface area (Å²) in [6, 6.07) is 15.3. The van der Waals surface area contributed by atoms with Gasteiger partial charge in [-0.25, -0.2) is 4.98 Å². The highest BCUT2D eigenvalue weighted by atomic mass is 15.2. The molecule has 0 spiro atoms. The Bertz CT molecular complexity index is 788. The zero-order valence-corrected chi connectivity index (χ0v) is 11.7. The van der Waals surface area contributed by atoms with E-state index in [0.29, 0.717) is 6.04 Å². The quantitative estimate of drug-likeness (QED) is 0.727. The third-order valence-corrected chi connectivity index (χ3v) is 4.22. The number of para-hydroxylation sites is 1. The second kappa shape index (κ2) is 4.10. The Morgan fingerprint density at radius 3 is 2.90 bits per heavy atom. The topological polar surface area (TPSA) is 31.9 Å². The van der Waals surface area contributed by atoms with Crippen LogP contribution in [0.3, 0.4) is 0 Å². The van der Waals surface area contributed by atoms with Crippen LogP contribution in [0.2, 0.25) is 0 Å². The summed E-state index contributed by atoms with van der Waals surface area (Å²) in [7, 11) is 2.15. The predicted molar refractivity (Wildman–Crippen MR) is 82.1 cm³/mol. The molecule has 0 aliphatic carbocycles. The minimum Gasteiger partial charge on any atom is -0.364 e. The molecule has 1 unspecified atom stereocenters. The number of imidazole rings is 1. The number of anilines is 1. The van der Waals surface area contributed by atoms with Gasteiger partial charge in [-0.1, -0.05) is 24.3 Å². The monoisotopic (exact) mass is 263 g/mol. The summed E-state index contributed by atoms with van der Waals surface area (Å²) in [5.74, 6) is 1.06. The van der Waals surface area contributed by atoms with Crippen LogP contribution in [0.5, 0.6) is 0 Å². The molecule has 0 radical (unpaired) electrons. The molecule has 2 aromatic carbocycles. The van der Waals surface area contributed by atoms with Gasteiger partial charge in [0.25, 0.3) is 0 Å². The number of nitrogens with zero attached hydrogens (tertiary/aromatic N) is 2. The zero-order valence-electron chi connectivity index (χ0n) is 11.7. The minimum atomic E-state index is 0.306. The molecule has 1 aliphatic heterocycles. The van der Waals surface area contributed by atoms with E-state index in [1.807, 2.05) is 0 Å². The number of aryl methyl sites for hydroxylation is 1. The fourth-order valence-corrected chi connectivity index (χ4v) is 3.12. The van der Waals surface area contributed by atoms with Gasteiger partial charge in [-0.3, -0.25) is 0 Å². The molecule has 0 fully saturated rings. The van der Waals surface area contributed by atoms with Crippen molar-refractivity contribution in [2.75, 3.05) is 11.9 Å². The third-order valence-electron chi connectivity index (χ3n) is 4.22. The second-order valence-electron chi connectivity index (χ2n) is 5.60. The Morgan fingerprint density at radius 1 is 1.20 bits per heavy atom. The molecule has 20 heavy (non-hydrogen) atoms. The second-order valence-corrected chi connectivity index (χ2v) is 5.60. The van der Waals surface area contributed by atoms with Gasteiger partial charge in [-0.05, 0) is 36.2 Å². The summed E-state index contributed by atoms with van der Waals surface area (Å²) < 4.78 is 0. The van der Waals surface area contributed by atoms with Crippen LogP contribution in [0.15, 0.2) is 42.5 Å². The smallest absolute Gasteiger partial charge is 0.130 e. The van der Waals surface area contributed by atoms with Crippen molar-refractivity contribution >= 4 is 16.7 Å². The van der Waals surface area contributed by atoms with Crippen LogP contribution in [0.4, 0.5) is 5.69 Å². The average Bonchev–Trinajstić information content (AvgIpc) is 3.00. The van der Waals surface area contributed by atoms with E-state index in [1.165, 1.54) is 16.8 Å². The van der Waals surface area contributed by atoms with Crippen molar-refractivity contribution in [2.45, 2.75) is 19.4 Å². The molecular formula is C17H17N3. The summed E-state index contributed by atoms with van der Waals surface area (Å²) >= 11 is 0. The molecule has 1 N–H and O–H groups in total. The molecule has 1 aromatic heterocycles. The molecule has 0 saturated heterocycles. The van der Waals surface area contributed by atoms with Crippen molar-refractivity contribution < 1.29 is 0 Å². The highest BCUT2D eigenvalue weighted by Crippen LogP contribution is 2.38. The van der Waals surface area contributed by atoms with Crippen LogP contribution < -0.4 is 4.90 Å². The van der Waals surface area contributed by atoms with Crippen molar-refractivity contribution in [3.63, 3.8) is 0 Å². The van der Waals surface area contributed by atoms with Crippen molar-refractivity contribution in [1.82, 2.24) is 9.97 Å². The Labute approximate surface area is 118 Å². The largest absolute Gasteiger partial charge is 0.364 e. The highest BCUT2D eigenvalue weighted by Gasteiger charge is 2.29. The lowest BCUT2D eigenvalue weighted by atomic mass is 10.1. The summed E-state index contributed by atoms with van der Waals surface area (Å²) in [5, 5.41) is 0. The van der Waals surface area contributed by atoms with E-state index in [1.54, 1.807) is 0 Å². The number of nitrogens with one attached hydrogen (secondary N) is 1.